The van der Waals surface area contributed by atoms with E-state index in [1.54, 1.807) is 0 Å². The van der Waals surface area contributed by atoms with Gasteiger partial charge < -0.3 is 5.73 Å². The number of nitrogens with one attached hydrogen (secondary N) is 1. The molecule has 0 fully saturated rings. The fraction of sp³-hybridized carbons (Fsp3) is 0. The van der Waals surface area contributed by atoms with E-state index in [2.05, 4.69) is 36.1 Å². The normalized spacial score (nSPS) is 10.8. The predicted octanol–water partition coefficient (Wildman–Crippen LogP) is 1.35. The van der Waals surface area contributed by atoms with E-state index in [9.17, 15) is 0 Å². The molecule has 7 heteroatoms. The third-order valence-electron chi connectivity index (χ3n) is 1.38. The summed E-state index contributed by atoms with van der Waals surface area (Å²) in [5, 5.41) is 7.27. The van der Waals surface area contributed by atoms with Gasteiger partial charge >= 0.3 is 0 Å². The van der Waals surface area contributed by atoms with Crippen LogP contribution in [0.1, 0.15) is 0 Å². The lowest BCUT2D eigenvalue weighted by Gasteiger charge is -1.94. The first-order chi connectivity index (χ1) is 5.68. The van der Waals surface area contributed by atoms with Crippen molar-refractivity contribution in [2.24, 2.45) is 0 Å². The molecule has 2 heterocycles. The lowest BCUT2D eigenvalue weighted by Crippen LogP contribution is -1.93. The Bertz CT molecular complexity index is 439. The van der Waals surface area contributed by atoms with E-state index in [1.165, 1.54) is 0 Å². The predicted molar refractivity (Wildman–Crippen MR) is 48.8 cm³/mol. The molecule has 5 nitrogen and oxygen atoms in total. The average molecular weight is 248 g/mol. The topological polar surface area (TPSA) is 80.5 Å². The number of halogens is 2. The van der Waals surface area contributed by atoms with Crippen LogP contribution in [0.25, 0.3) is 11.0 Å². The summed E-state index contributed by atoms with van der Waals surface area (Å²) in [5.41, 5.74) is 6.10. The summed E-state index contributed by atoms with van der Waals surface area (Å²) in [6, 6.07) is 0. The quantitative estimate of drug-likeness (QED) is 0.690. The van der Waals surface area contributed by atoms with Gasteiger partial charge in [-0.05, 0) is 27.5 Å². The van der Waals surface area contributed by atoms with Crippen LogP contribution in [-0.2, 0) is 0 Å². The highest BCUT2D eigenvalue weighted by molar-refractivity contribution is 9.10. The highest BCUT2D eigenvalue weighted by Gasteiger charge is 2.09. The zero-order valence-electron chi connectivity index (χ0n) is 5.67. The van der Waals surface area contributed by atoms with E-state index in [0.29, 0.717) is 21.5 Å². The number of hydrogen-bond acceptors (Lipinski definition) is 4. The first kappa shape index (κ1) is 7.75. The molecular formula is C5H3BrClN5. The van der Waals surface area contributed by atoms with Gasteiger partial charge in [0.2, 0.25) is 5.28 Å². The van der Waals surface area contributed by atoms with Gasteiger partial charge in [0, 0.05) is 0 Å². The Morgan fingerprint density at radius 3 is 2.92 bits per heavy atom. The number of anilines is 1. The highest BCUT2D eigenvalue weighted by Crippen LogP contribution is 2.24. The molecule has 62 valence electrons. The molecule has 0 amide bonds. The van der Waals surface area contributed by atoms with Gasteiger partial charge in [-0.25, -0.2) is 4.98 Å². The Balaban J connectivity index is 2.93. The second kappa shape index (κ2) is 2.56. The molecule has 0 saturated carbocycles. The first-order valence-corrected chi connectivity index (χ1v) is 4.18. The number of rotatable bonds is 0. The molecule has 0 spiro atoms. The Labute approximate surface area is 80.5 Å². The number of fused-ring (bicyclic) bond motifs is 1. The summed E-state index contributed by atoms with van der Waals surface area (Å²) in [6.45, 7) is 0. The van der Waals surface area contributed by atoms with E-state index in [1.807, 2.05) is 0 Å². The minimum atomic E-state index is 0.108. The Hall–Kier alpha value is -0.880. The molecule has 0 saturated heterocycles. The molecule has 2 rings (SSSR count). The van der Waals surface area contributed by atoms with Gasteiger partial charge in [0.15, 0.2) is 5.65 Å². The van der Waals surface area contributed by atoms with Crippen molar-refractivity contribution in [3.63, 3.8) is 0 Å². The molecule has 0 aliphatic heterocycles. The molecule has 0 unspecified atom stereocenters. The molecule has 0 radical (unpaired) electrons. The van der Waals surface area contributed by atoms with Crippen LogP contribution in [0, 0.1) is 0 Å². The van der Waals surface area contributed by atoms with Crippen LogP contribution in [-0.4, -0.2) is 20.2 Å². The maximum atomic E-state index is 5.58. The average Bonchev–Trinajstić information content (AvgIpc) is 2.31. The molecule has 2 aromatic rings. The van der Waals surface area contributed by atoms with Crippen LogP contribution in [0.3, 0.4) is 0 Å². The van der Waals surface area contributed by atoms with Crippen molar-refractivity contribution in [3.8, 4) is 0 Å². The van der Waals surface area contributed by atoms with Crippen molar-refractivity contribution >= 4 is 44.4 Å². The van der Waals surface area contributed by atoms with Crippen LogP contribution in [0.5, 0.6) is 0 Å². The number of nitrogens with two attached hydrogens (primary N) is 1. The largest absolute Gasteiger partial charge is 0.383 e. The fourth-order valence-corrected chi connectivity index (χ4v) is 1.55. The van der Waals surface area contributed by atoms with Gasteiger partial charge in [0.05, 0.1) is 5.39 Å². The number of nitrogen functional groups attached to an aromatic ring is 1. The summed E-state index contributed by atoms with van der Waals surface area (Å²) in [6.07, 6.45) is 0. The monoisotopic (exact) mass is 247 g/mol. The molecule has 0 atom stereocenters. The maximum absolute atomic E-state index is 5.58. The summed E-state index contributed by atoms with van der Waals surface area (Å²) >= 11 is 8.76. The number of aromatic amines is 1. The zero-order chi connectivity index (χ0) is 8.72. The van der Waals surface area contributed by atoms with Crippen LogP contribution in [0.4, 0.5) is 5.82 Å². The Kier molecular flexibility index (Phi) is 1.66. The second-order valence-corrected chi connectivity index (χ2v) is 3.21. The minimum Gasteiger partial charge on any atom is -0.383 e. The Morgan fingerprint density at radius 2 is 2.17 bits per heavy atom. The summed E-state index contributed by atoms with van der Waals surface area (Å²) < 4.78 is 0.590. The molecule has 3 N–H and O–H groups in total. The second-order valence-electron chi connectivity index (χ2n) is 2.12. The summed E-state index contributed by atoms with van der Waals surface area (Å²) in [4.78, 5) is 7.66. The van der Waals surface area contributed by atoms with Crippen molar-refractivity contribution in [2.45, 2.75) is 0 Å². The maximum Gasteiger partial charge on any atom is 0.226 e. The van der Waals surface area contributed by atoms with Crippen molar-refractivity contribution in [3.05, 3.63) is 9.89 Å². The first-order valence-electron chi connectivity index (χ1n) is 3.01. The number of hydrogen-bond donors (Lipinski definition) is 2. The van der Waals surface area contributed by atoms with Crippen molar-refractivity contribution in [1.82, 2.24) is 20.2 Å². The van der Waals surface area contributed by atoms with E-state index >= 15 is 0 Å². The summed E-state index contributed by atoms with van der Waals surface area (Å²) in [5.74, 6) is 0.311. The molecule has 0 aliphatic rings. The van der Waals surface area contributed by atoms with Gasteiger partial charge in [-0.3, -0.25) is 5.10 Å². The number of aromatic nitrogens is 4. The van der Waals surface area contributed by atoms with E-state index in [-0.39, 0.29) is 5.28 Å². The lowest BCUT2D eigenvalue weighted by molar-refractivity contribution is 1.07. The van der Waals surface area contributed by atoms with Gasteiger partial charge in [0.1, 0.15) is 10.4 Å². The smallest absolute Gasteiger partial charge is 0.226 e. The third kappa shape index (κ3) is 1.03. The van der Waals surface area contributed by atoms with Crippen LogP contribution >= 0.6 is 27.5 Å². The van der Waals surface area contributed by atoms with Crippen LogP contribution < -0.4 is 5.73 Å². The van der Waals surface area contributed by atoms with Crippen LogP contribution in [0.2, 0.25) is 5.28 Å². The minimum absolute atomic E-state index is 0.108. The molecule has 0 bridgehead atoms. The van der Waals surface area contributed by atoms with Crippen molar-refractivity contribution in [2.75, 3.05) is 5.73 Å². The summed E-state index contributed by atoms with van der Waals surface area (Å²) in [7, 11) is 0. The Morgan fingerprint density at radius 1 is 1.42 bits per heavy atom. The highest BCUT2D eigenvalue weighted by atomic mass is 79.9. The van der Waals surface area contributed by atoms with E-state index in [4.69, 9.17) is 17.3 Å². The van der Waals surface area contributed by atoms with Crippen LogP contribution in [0.15, 0.2) is 4.60 Å². The van der Waals surface area contributed by atoms with E-state index < -0.39 is 0 Å². The van der Waals surface area contributed by atoms with Gasteiger partial charge in [-0.2, -0.15) is 10.1 Å². The SMILES string of the molecule is Nc1nc(Cl)nc2[nH]nc(Br)c12. The molecule has 0 aliphatic carbocycles. The number of H-pyrrole nitrogens is 1. The van der Waals surface area contributed by atoms with Gasteiger partial charge in [0.25, 0.3) is 0 Å². The zero-order valence-corrected chi connectivity index (χ0v) is 8.02. The molecule has 0 aromatic carbocycles. The standard InChI is InChI=1S/C5H3BrClN5/c6-2-1-3(8)9-5(7)10-4(1)12-11-2/h(H3,8,9,10,11,12). The van der Waals surface area contributed by atoms with Crippen molar-refractivity contribution < 1.29 is 0 Å². The van der Waals surface area contributed by atoms with Gasteiger partial charge in [-0.15, -0.1) is 0 Å². The molecule has 2 aromatic heterocycles. The fourth-order valence-electron chi connectivity index (χ4n) is 0.892. The van der Waals surface area contributed by atoms with Crippen molar-refractivity contribution in [1.29, 1.82) is 0 Å². The third-order valence-corrected chi connectivity index (χ3v) is 2.12. The van der Waals surface area contributed by atoms with Gasteiger partial charge in [-0.1, -0.05) is 0 Å². The molecular weight excluding hydrogens is 245 g/mol. The number of nitrogens with zero attached hydrogens (tertiary/aromatic N) is 3. The van der Waals surface area contributed by atoms with E-state index in [0.717, 1.165) is 0 Å². The molecule has 12 heavy (non-hydrogen) atoms. The lowest BCUT2D eigenvalue weighted by atomic mass is 10.4.